The molecule has 3 nitrogen and oxygen atoms in total. The third kappa shape index (κ3) is 1.91. The third-order valence-corrected chi connectivity index (χ3v) is 2.09. The smallest absolute Gasteiger partial charge is 0.162 e. The molecular weight excluding hydrogens is 176 g/mol. The Hall–Kier alpha value is -1.82. The molecule has 0 unspecified atom stereocenters. The fourth-order valence-electron chi connectivity index (χ4n) is 1.33. The van der Waals surface area contributed by atoms with Crippen LogP contribution in [0.15, 0.2) is 18.2 Å². The predicted molar refractivity (Wildman–Crippen MR) is 54.8 cm³/mol. The first-order valence-electron chi connectivity index (χ1n) is 4.48. The second-order valence-corrected chi connectivity index (χ2v) is 2.98. The zero-order chi connectivity index (χ0) is 10.6. The highest BCUT2D eigenvalue weighted by Crippen LogP contribution is 2.18. The molecule has 14 heavy (non-hydrogen) atoms. The molecule has 0 atom stereocenters. The maximum atomic E-state index is 11.5. The highest BCUT2D eigenvalue weighted by molar-refractivity contribution is 5.98. The van der Waals surface area contributed by atoms with Crippen molar-refractivity contribution in [2.75, 3.05) is 5.73 Å². The number of anilines is 1. The molecule has 1 rings (SSSR count). The molecule has 0 amide bonds. The summed E-state index contributed by atoms with van der Waals surface area (Å²) in [7, 11) is 0. The van der Waals surface area contributed by atoms with Gasteiger partial charge in [0.25, 0.3) is 0 Å². The fraction of sp³-hybridized carbons (Fsp3) is 0.273. The average Bonchev–Trinajstić information content (AvgIpc) is 2.20. The number of Topliss-reactive ketones (excluding diaryl/α,β-unsaturated/α-hetero) is 1. The number of ketones is 1. The second-order valence-electron chi connectivity index (χ2n) is 2.98. The molecule has 0 saturated carbocycles. The number of carbonyl (C=O) groups is 1. The monoisotopic (exact) mass is 188 g/mol. The molecule has 0 aliphatic carbocycles. The Morgan fingerprint density at radius 1 is 1.57 bits per heavy atom. The van der Waals surface area contributed by atoms with Crippen molar-refractivity contribution < 1.29 is 4.79 Å². The summed E-state index contributed by atoms with van der Waals surface area (Å²) in [4.78, 5) is 11.5. The van der Waals surface area contributed by atoms with Gasteiger partial charge in [-0.05, 0) is 11.6 Å². The van der Waals surface area contributed by atoms with Gasteiger partial charge in [0.2, 0.25) is 0 Å². The van der Waals surface area contributed by atoms with Crippen LogP contribution in [0.4, 0.5) is 5.69 Å². The second kappa shape index (κ2) is 4.43. The lowest BCUT2D eigenvalue weighted by molar-refractivity contribution is 0.0987. The van der Waals surface area contributed by atoms with E-state index in [4.69, 9.17) is 11.0 Å². The predicted octanol–water partition coefficient (Wildman–Crippen LogP) is 1.93. The quantitative estimate of drug-likeness (QED) is 0.582. The molecule has 0 bridgehead atoms. The molecule has 3 heteroatoms. The van der Waals surface area contributed by atoms with E-state index >= 15 is 0 Å². The zero-order valence-corrected chi connectivity index (χ0v) is 8.08. The minimum Gasteiger partial charge on any atom is -0.398 e. The molecule has 0 heterocycles. The standard InChI is InChI=1S/C11H12N2O/c1-2-11(14)9-4-3-5-10(13)8(9)6-7-12/h3-5H,2,6,13H2,1H3. The molecular formula is C11H12N2O. The minimum absolute atomic E-state index is 0.0301. The number of benzene rings is 1. The van der Waals surface area contributed by atoms with Gasteiger partial charge >= 0.3 is 0 Å². The lowest BCUT2D eigenvalue weighted by Gasteiger charge is -2.07. The number of hydrogen-bond acceptors (Lipinski definition) is 3. The molecule has 0 aliphatic heterocycles. The Labute approximate surface area is 83.2 Å². The molecule has 72 valence electrons. The van der Waals surface area contributed by atoms with E-state index in [0.717, 1.165) is 0 Å². The first-order valence-corrected chi connectivity index (χ1v) is 4.48. The highest BCUT2D eigenvalue weighted by Gasteiger charge is 2.11. The Balaban J connectivity index is 3.22. The van der Waals surface area contributed by atoms with Gasteiger partial charge in [-0.2, -0.15) is 5.26 Å². The van der Waals surface area contributed by atoms with E-state index in [1.807, 2.05) is 6.07 Å². The number of nitrogens with two attached hydrogens (primary N) is 1. The van der Waals surface area contributed by atoms with E-state index in [-0.39, 0.29) is 12.2 Å². The van der Waals surface area contributed by atoms with Crippen LogP contribution in [0.5, 0.6) is 0 Å². The largest absolute Gasteiger partial charge is 0.398 e. The summed E-state index contributed by atoms with van der Waals surface area (Å²) in [5.74, 6) is 0.0301. The van der Waals surface area contributed by atoms with Crippen LogP contribution >= 0.6 is 0 Å². The van der Waals surface area contributed by atoms with Crippen LogP contribution in [0.3, 0.4) is 0 Å². The molecule has 0 radical (unpaired) electrons. The van der Waals surface area contributed by atoms with Crippen molar-refractivity contribution in [1.82, 2.24) is 0 Å². The van der Waals surface area contributed by atoms with Gasteiger partial charge in [-0.1, -0.05) is 19.1 Å². The summed E-state index contributed by atoms with van der Waals surface area (Å²) < 4.78 is 0. The topological polar surface area (TPSA) is 66.9 Å². The van der Waals surface area contributed by atoms with Crippen LogP contribution in [0.25, 0.3) is 0 Å². The molecule has 0 aliphatic rings. The normalized spacial score (nSPS) is 9.43. The van der Waals surface area contributed by atoms with Crippen LogP contribution in [-0.4, -0.2) is 5.78 Å². The van der Waals surface area contributed by atoms with Crippen LogP contribution in [-0.2, 0) is 6.42 Å². The Kier molecular flexibility index (Phi) is 3.24. The SMILES string of the molecule is CCC(=O)c1cccc(N)c1CC#N. The van der Waals surface area contributed by atoms with Gasteiger partial charge in [0.15, 0.2) is 5.78 Å². The number of carbonyl (C=O) groups excluding carboxylic acids is 1. The number of nitrogens with zero attached hydrogens (tertiary/aromatic N) is 1. The van der Waals surface area contributed by atoms with Crippen molar-refractivity contribution >= 4 is 11.5 Å². The third-order valence-electron chi connectivity index (χ3n) is 2.09. The summed E-state index contributed by atoms with van der Waals surface area (Å²) in [6.45, 7) is 1.79. The number of rotatable bonds is 3. The molecule has 0 fully saturated rings. The Morgan fingerprint density at radius 3 is 2.86 bits per heavy atom. The van der Waals surface area contributed by atoms with Gasteiger partial charge in [-0.15, -0.1) is 0 Å². The van der Waals surface area contributed by atoms with Crippen molar-refractivity contribution in [2.45, 2.75) is 19.8 Å². The van der Waals surface area contributed by atoms with Crippen molar-refractivity contribution in [1.29, 1.82) is 5.26 Å². The summed E-state index contributed by atoms with van der Waals surface area (Å²) >= 11 is 0. The van der Waals surface area contributed by atoms with E-state index in [9.17, 15) is 4.79 Å². The van der Waals surface area contributed by atoms with E-state index in [1.54, 1.807) is 25.1 Å². The summed E-state index contributed by atoms with van der Waals surface area (Å²) in [6, 6.07) is 7.17. The van der Waals surface area contributed by atoms with Gasteiger partial charge < -0.3 is 5.73 Å². The van der Waals surface area contributed by atoms with Gasteiger partial charge in [0, 0.05) is 17.7 Å². The summed E-state index contributed by atoms with van der Waals surface area (Å²) in [5, 5.41) is 8.61. The maximum Gasteiger partial charge on any atom is 0.162 e. The van der Waals surface area contributed by atoms with Crippen molar-refractivity contribution in [3.63, 3.8) is 0 Å². The molecule has 0 aromatic heterocycles. The Bertz CT molecular complexity index is 391. The summed E-state index contributed by atoms with van der Waals surface area (Å²) in [6.07, 6.45) is 0.621. The molecule has 2 N–H and O–H groups in total. The van der Waals surface area contributed by atoms with E-state index < -0.39 is 0 Å². The minimum atomic E-state index is 0.0301. The first-order chi connectivity index (χ1) is 6.70. The molecule has 1 aromatic rings. The van der Waals surface area contributed by atoms with Gasteiger partial charge in [-0.3, -0.25) is 4.79 Å². The van der Waals surface area contributed by atoms with Crippen molar-refractivity contribution in [3.8, 4) is 6.07 Å². The summed E-state index contributed by atoms with van der Waals surface area (Å²) in [5.41, 5.74) is 7.45. The molecule has 0 saturated heterocycles. The lowest BCUT2D eigenvalue weighted by Crippen LogP contribution is -2.05. The van der Waals surface area contributed by atoms with E-state index in [2.05, 4.69) is 0 Å². The van der Waals surface area contributed by atoms with Gasteiger partial charge in [0.05, 0.1) is 12.5 Å². The van der Waals surface area contributed by atoms with Crippen LogP contribution in [0.1, 0.15) is 29.3 Å². The van der Waals surface area contributed by atoms with Gasteiger partial charge in [-0.25, -0.2) is 0 Å². The fourth-order valence-corrected chi connectivity index (χ4v) is 1.33. The number of nitrogen functional groups attached to an aromatic ring is 1. The highest BCUT2D eigenvalue weighted by atomic mass is 16.1. The average molecular weight is 188 g/mol. The van der Waals surface area contributed by atoms with Crippen LogP contribution in [0.2, 0.25) is 0 Å². The van der Waals surface area contributed by atoms with Crippen LogP contribution in [0, 0.1) is 11.3 Å². The van der Waals surface area contributed by atoms with Crippen molar-refractivity contribution in [2.24, 2.45) is 0 Å². The molecule has 0 spiro atoms. The van der Waals surface area contributed by atoms with Gasteiger partial charge in [0.1, 0.15) is 0 Å². The van der Waals surface area contributed by atoms with E-state index in [0.29, 0.717) is 23.2 Å². The number of nitriles is 1. The Morgan fingerprint density at radius 2 is 2.29 bits per heavy atom. The zero-order valence-electron chi connectivity index (χ0n) is 8.08. The first kappa shape index (κ1) is 10.3. The lowest BCUT2D eigenvalue weighted by atomic mass is 9.98. The van der Waals surface area contributed by atoms with E-state index in [1.165, 1.54) is 0 Å². The maximum absolute atomic E-state index is 11.5. The van der Waals surface area contributed by atoms with Crippen molar-refractivity contribution in [3.05, 3.63) is 29.3 Å². The molecule has 1 aromatic carbocycles. The van der Waals surface area contributed by atoms with Crippen LogP contribution < -0.4 is 5.73 Å². The number of hydrogen-bond donors (Lipinski definition) is 1.